The molecule has 0 saturated heterocycles. The Morgan fingerprint density at radius 2 is 2.12 bits per heavy atom. The van der Waals surface area contributed by atoms with Gasteiger partial charge in [-0.05, 0) is 58.4 Å². The summed E-state index contributed by atoms with van der Waals surface area (Å²) in [5.41, 5.74) is 1.92. The van der Waals surface area contributed by atoms with Crippen LogP contribution >= 0.6 is 27.7 Å². The van der Waals surface area contributed by atoms with E-state index in [1.807, 2.05) is 6.07 Å². The summed E-state index contributed by atoms with van der Waals surface area (Å²) >= 11 is 4.57. The van der Waals surface area contributed by atoms with Gasteiger partial charge in [0.05, 0.1) is 11.3 Å². The maximum Gasteiger partial charge on any atom is 0.291 e. The quantitative estimate of drug-likeness (QED) is 0.651. The van der Waals surface area contributed by atoms with Crippen LogP contribution in [0.5, 0.6) is 0 Å². The molecule has 0 saturated carbocycles. The van der Waals surface area contributed by atoms with E-state index in [-0.39, 0.29) is 17.6 Å². The highest BCUT2D eigenvalue weighted by atomic mass is 79.9. The molecule has 1 aromatic carbocycles. The fraction of sp³-hybridized carbons (Fsp3) is 0.0556. The van der Waals surface area contributed by atoms with Crippen LogP contribution in [0.3, 0.4) is 0 Å². The molecule has 0 unspecified atom stereocenters. The molecule has 0 bridgehead atoms. The van der Waals surface area contributed by atoms with Gasteiger partial charge in [0.15, 0.2) is 10.4 Å². The number of hydrogen-bond acceptors (Lipinski definition) is 5. The number of halogens is 1. The summed E-state index contributed by atoms with van der Waals surface area (Å²) in [5.74, 6) is -0.257. The Balaban J connectivity index is 1.68. The number of amides is 2. The van der Waals surface area contributed by atoms with Gasteiger partial charge in [-0.15, -0.1) is 0 Å². The third-order valence-corrected chi connectivity index (χ3v) is 5.38. The number of carbonyl (C=O) groups is 2. The largest absolute Gasteiger partial charge is 0.444 e. The van der Waals surface area contributed by atoms with Crippen molar-refractivity contribution in [1.29, 1.82) is 0 Å². The molecule has 1 N–H and O–H groups in total. The zero-order chi connectivity index (χ0) is 18.3. The normalized spacial score (nSPS) is 13.0. The van der Waals surface area contributed by atoms with E-state index in [1.165, 1.54) is 11.8 Å². The predicted molar refractivity (Wildman–Crippen MR) is 102 cm³/mol. The molecule has 0 atom stereocenters. The lowest BCUT2D eigenvalue weighted by Crippen LogP contribution is -2.26. The van der Waals surface area contributed by atoms with Gasteiger partial charge in [-0.25, -0.2) is 4.98 Å². The first-order chi connectivity index (χ1) is 12.5. The highest BCUT2D eigenvalue weighted by molar-refractivity contribution is 9.10. The molecule has 6 nitrogen and oxygen atoms in total. The number of nitrogens with one attached hydrogen (secondary N) is 1. The van der Waals surface area contributed by atoms with Crippen LogP contribution in [0, 0.1) is 0 Å². The second kappa shape index (κ2) is 6.62. The number of nitrogens with zero attached hydrogens (tertiary/aromatic N) is 2. The Hall–Kier alpha value is -2.58. The number of anilines is 2. The van der Waals surface area contributed by atoms with Crippen LogP contribution in [-0.4, -0.2) is 23.8 Å². The summed E-state index contributed by atoms with van der Waals surface area (Å²) in [6.45, 7) is 0. The average molecular weight is 430 g/mol. The molecule has 3 heterocycles. The van der Waals surface area contributed by atoms with Crippen molar-refractivity contribution >= 4 is 50.9 Å². The van der Waals surface area contributed by atoms with Crippen LogP contribution in [0.4, 0.5) is 11.4 Å². The maximum atomic E-state index is 12.6. The molecule has 0 radical (unpaired) electrons. The number of rotatable bonds is 2. The number of benzene rings is 1. The van der Waals surface area contributed by atoms with Crippen LogP contribution in [0.2, 0.25) is 0 Å². The summed E-state index contributed by atoms with van der Waals surface area (Å²) in [5, 5.41) is 3.44. The van der Waals surface area contributed by atoms with E-state index in [9.17, 15) is 9.59 Å². The molecular formula is C18H12BrN3O3S. The summed E-state index contributed by atoms with van der Waals surface area (Å²) in [6, 6.07) is 12.1. The van der Waals surface area contributed by atoms with Gasteiger partial charge < -0.3 is 14.6 Å². The zero-order valence-electron chi connectivity index (χ0n) is 13.5. The molecule has 1 aliphatic heterocycles. The number of hydrogen-bond donors (Lipinski definition) is 1. The molecule has 0 spiro atoms. The van der Waals surface area contributed by atoms with Crippen molar-refractivity contribution < 1.29 is 14.0 Å². The topological polar surface area (TPSA) is 75.4 Å². The van der Waals surface area contributed by atoms with E-state index in [1.54, 1.807) is 54.5 Å². The minimum absolute atomic E-state index is 0.114. The van der Waals surface area contributed by atoms with Crippen LogP contribution in [0.1, 0.15) is 20.9 Å². The molecular weight excluding hydrogens is 418 g/mol. The minimum atomic E-state index is -0.350. The summed E-state index contributed by atoms with van der Waals surface area (Å²) in [6.07, 6.45) is 1.66. The lowest BCUT2D eigenvalue weighted by atomic mass is 10.2. The van der Waals surface area contributed by atoms with E-state index in [0.717, 1.165) is 10.6 Å². The molecule has 4 rings (SSSR count). The van der Waals surface area contributed by atoms with Crippen molar-refractivity contribution in [1.82, 2.24) is 4.98 Å². The van der Waals surface area contributed by atoms with Crippen LogP contribution in [-0.2, 0) is 0 Å². The molecule has 3 aromatic rings. The number of carbonyl (C=O) groups excluding carboxylic acids is 2. The predicted octanol–water partition coefficient (Wildman–Crippen LogP) is 4.43. The highest BCUT2D eigenvalue weighted by Crippen LogP contribution is 2.41. The Bertz CT molecular complexity index is 1030. The van der Waals surface area contributed by atoms with Gasteiger partial charge in [0.2, 0.25) is 0 Å². The molecule has 2 amide bonds. The first-order valence-corrected chi connectivity index (χ1v) is 9.25. The molecule has 0 fully saturated rings. The van der Waals surface area contributed by atoms with Gasteiger partial charge in [0.1, 0.15) is 5.03 Å². The summed E-state index contributed by atoms with van der Waals surface area (Å²) in [4.78, 5) is 31.6. The average Bonchev–Trinajstić information content (AvgIpc) is 3.04. The highest BCUT2D eigenvalue weighted by Gasteiger charge is 2.25. The lowest BCUT2D eigenvalue weighted by molar-refractivity contribution is 0.0984. The van der Waals surface area contributed by atoms with Crippen molar-refractivity contribution in [2.75, 3.05) is 17.3 Å². The number of furan rings is 1. The third kappa shape index (κ3) is 3.02. The first kappa shape index (κ1) is 16.9. The number of pyridine rings is 1. The van der Waals surface area contributed by atoms with Gasteiger partial charge in [0, 0.05) is 23.8 Å². The third-order valence-electron chi connectivity index (χ3n) is 3.89. The van der Waals surface area contributed by atoms with Crippen LogP contribution < -0.4 is 10.2 Å². The van der Waals surface area contributed by atoms with Crippen molar-refractivity contribution in [2.45, 2.75) is 9.92 Å². The van der Waals surface area contributed by atoms with E-state index in [0.29, 0.717) is 20.9 Å². The zero-order valence-corrected chi connectivity index (χ0v) is 15.9. The number of fused-ring (bicyclic) bond motifs is 2. The minimum Gasteiger partial charge on any atom is -0.444 e. The smallest absolute Gasteiger partial charge is 0.291 e. The van der Waals surface area contributed by atoms with Crippen molar-refractivity contribution in [3.8, 4) is 0 Å². The van der Waals surface area contributed by atoms with Gasteiger partial charge in [-0.1, -0.05) is 11.8 Å². The monoisotopic (exact) mass is 429 g/mol. The van der Waals surface area contributed by atoms with Gasteiger partial charge in [-0.3, -0.25) is 9.59 Å². The van der Waals surface area contributed by atoms with Crippen molar-refractivity contribution in [2.24, 2.45) is 0 Å². The maximum absolute atomic E-state index is 12.6. The molecule has 2 aromatic heterocycles. The van der Waals surface area contributed by atoms with E-state index in [2.05, 4.69) is 26.2 Å². The second-order valence-corrected chi connectivity index (χ2v) is 7.37. The van der Waals surface area contributed by atoms with Crippen molar-refractivity contribution in [3.63, 3.8) is 0 Å². The van der Waals surface area contributed by atoms with E-state index in [4.69, 9.17) is 4.42 Å². The Morgan fingerprint density at radius 3 is 2.88 bits per heavy atom. The van der Waals surface area contributed by atoms with Gasteiger partial charge in [0.25, 0.3) is 11.8 Å². The Labute approximate surface area is 161 Å². The number of aromatic nitrogens is 1. The lowest BCUT2D eigenvalue weighted by Gasteiger charge is -2.17. The van der Waals surface area contributed by atoms with E-state index >= 15 is 0 Å². The fourth-order valence-corrected chi connectivity index (χ4v) is 4.00. The second-order valence-electron chi connectivity index (χ2n) is 5.56. The molecule has 0 aliphatic carbocycles. The summed E-state index contributed by atoms with van der Waals surface area (Å²) in [7, 11) is 1.72. The standard InChI is InChI=1S/C18H12BrN3O3S/c1-22-12-5-4-10(21-16(23)13-6-7-15(19)25-13)9-14(12)26-17-11(18(22)24)3-2-8-20-17/h2-9H,1H3,(H,21,23). The van der Waals surface area contributed by atoms with Crippen LogP contribution in [0.15, 0.2) is 67.7 Å². The van der Waals surface area contributed by atoms with Crippen LogP contribution in [0.25, 0.3) is 0 Å². The van der Waals surface area contributed by atoms with E-state index < -0.39 is 0 Å². The first-order valence-electron chi connectivity index (χ1n) is 7.64. The Morgan fingerprint density at radius 1 is 1.27 bits per heavy atom. The molecule has 8 heteroatoms. The molecule has 1 aliphatic rings. The molecule has 26 heavy (non-hydrogen) atoms. The summed E-state index contributed by atoms with van der Waals surface area (Å²) < 4.78 is 5.75. The van der Waals surface area contributed by atoms with Gasteiger partial charge >= 0.3 is 0 Å². The Kier molecular flexibility index (Phi) is 4.29. The fourth-order valence-electron chi connectivity index (χ4n) is 2.61. The molecule has 130 valence electrons. The SMILES string of the molecule is CN1C(=O)c2cccnc2Sc2cc(NC(=O)c3ccc(Br)o3)ccc21. The van der Waals surface area contributed by atoms with Gasteiger partial charge in [-0.2, -0.15) is 0 Å². The van der Waals surface area contributed by atoms with Crippen molar-refractivity contribution in [3.05, 3.63) is 64.7 Å².